The number of hydrogen-bond donors (Lipinski definition) is 4. The molecule has 178 valence electrons. The third kappa shape index (κ3) is 3.65. The minimum Gasteiger partial charge on any atom is -0.394 e. The lowest BCUT2D eigenvalue weighted by Gasteiger charge is -2.28. The summed E-state index contributed by atoms with van der Waals surface area (Å²) in [4.78, 5) is 22.1. The maximum absolute atomic E-state index is 14.2. The van der Waals surface area contributed by atoms with Crippen LogP contribution < -0.4 is 21.4 Å². The molecule has 5 N–H and O–H groups in total. The SMILES string of the molecule is Cc1nn2c3c(cnc2c1N)N(C(=O)Nc1cnc(N/N=C\C=N)c(Cl)c1)C[C@@]3(C)C(F)(F)F. The minimum atomic E-state index is -4.70. The number of hydrazone groups is 1. The molecule has 0 unspecified atom stereocenters. The number of pyridine rings is 1. The molecule has 2 amide bonds. The number of rotatable bonds is 4. The van der Waals surface area contributed by atoms with E-state index in [-0.39, 0.29) is 39.2 Å². The smallest absolute Gasteiger partial charge is 0.394 e. The Labute approximate surface area is 195 Å². The van der Waals surface area contributed by atoms with Gasteiger partial charge >= 0.3 is 12.2 Å². The fourth-order valence-electron chi connectivity index (χ4n) is 3.61. The van der Waals surface area contributed by atoms with E-state index in [1.54, 1.807) is 6.92 Å². The van der Waals surface area contributed by atoms with Crippen molar-refractivity contribution >= 4 is 58.6 Å². The van der Waals surface area contributed by atoms with Crippen LogP contribution >= 0.6 is 11.6 Å². The number of aryl methyl sites for hydroxylation is 1. The lowest BCUT2D eigenvalue weighted by molar-refractivity contribution is -0.181. The molecule has 0 aromatic carbocycles. The van der Waals surface area contributed by atoms with Gasteiger partial charge in [0.25, 0.3) is 0 Å². The van der Waals surface area contributed by atoms with Gasteiger partial charge < -0.3 is 16.5 Å². The van der Waals surface area contributed by atoms with Crippen molar-refractivity contribution < 1.29 is 18.0 Å². The molecule has 34 heavy (non-hydrogen) atoms. The number of urea groups is 1. The number of carbonyl (C=O) groups excluding carboxylic acids is 1. The van der Waals surface area contributed by atoms with E-state index in [9.17, 15) is 18.0 Å². The number of hydrogen-bond acceptors (Lipinski definition) is 8. The van der Waals surface area contributed by atoms with Crippen LogP contribution in [0.3, 0.4) is 0 Å². The van der Waals surface area contributed by atoms with Gasteiger partial charge in [-0.05, 0) is 19.9 Å². The Morgan fingerprint density at radius 1 is 1.38 bits per heavy atom. The Balaban J connectivity index is 1.70. The molecule has 0 radical (unpaired) electrons. The molecule has 0 bridgehead atoms. The summed E-state index contributed by atoms with van der Waals surface area (Å²) in [6, 6.07) is 0.515. The molecule has 11 nitrogen and oxygen atoms in total. The summed E-state index contributed by atoms with van der Waals surface area (Å²) >= 11 is 6.12. The summed E-state index contributed by atoms with van der Waals surface area (Å²) in [6.07, 6.45) is -0.159. The number of nitrogen functional groups attached to an aromatic ring is 1. The molecule has 1 atom stereocenters. The summed E-state index contributed by atoms with van der Waals surface area (Å²) < 4.78 is 43.8. The van der Waals surface area contributed by atoms with Crippen molar-refractivity contribution in [1.29, 1.82) is 5.41 Å². The maximum Gasteiger partial charge on any atom is 0.401 e. The predicted octanol–water partition coefficient (Wildman–Crippen LogP) is 3.59. The minimum absolute atomic E-state index is 0.0503. The topological polar surface area (TPSA) is 150 Å². The molecule has 15 heteroatoms. The lowest BCUT2D eigenvalue weighted by Crippen LogP contribution is -2.46. The summed E-state index contributed by atoms with van der Waals surface area (Å²) in [7, 11) is 0. The van der Waals surface area contributed by atoms with Gasteiger partial charge in [0.1, 0.15) is 11.1 Å². The molecule has 0 aliphatic carbocycles. The first kappa shape index (κ1) is 23.2. The van der Waals surface area contributed by atoms with Crippen LogP contribution in [-0.2, 0) is 5.41 Å². The van der Waals surface area contributed by atoms with Crippen LogP contribution in [-0.4, -0.2) is 50.8 Å². The van der Waals surface area contributed by atoms with Gasteiger partial charge in [-0.1, -0.05) is 11.6 Å². The highest BCUT2D eigenvalue weighted by Gasteiger charge is 2.60. The van der Waals surface area contributed by atoms with Crippen molar-refractivity contribution in [2.45, 2.75) is 25.4 Å². The van der Waals surface area contributed by atoms with E-state index < -0.39 is 24.2 Å². The van der Waals surface area contributed by atoms with Crippen molar-refractivity contribution in [2.24, 2.45) is 5.10 Å². The number of amides is 2. The second-order valence-corrected chi connectivity index (χ2v) is 8.09. The molecule has 4 heterocycles. The quantitative estimate of drug-likeness (QED) is 0.321. The fraction of sp³-hybridized carbons (Fsp3) is 0.263. The van der Waals surface area contributed by atoms with E-state index in [0.717, 1.165) is 28.8 Å². The van der Waals surface area contributed by atoms with Crippen molar-refractivity contribution in [3.05, 3.63) is 34.9 Å². The van der Waals surface area contributed by atoms with Gasteiger partial charge in [-0.15, -0.1) is 0 Å². The Kier molecular flexibility index (Phi) is 5.55. The summed E-state index contributed by atoms with van der Waals surface area (Å²) in [6.45, 7) is 1.86. The Morgan fingerprint density at radius 2 is 2.12 bits per heavy atom. The molecular weight excluding hydrogens is 477 g/mol. The first-order valence-corrected chi connectivity index (χ1v) is 10.1. The molecule has 3 aromatic rings. The molecule has 1 aliphatic rings. The molecule has 0 fully saturated rings. The van der Waals surface area contributed by atoms with Gasteiger partial charge in [-0.2, -0.15) is 23.4 Å². The monoisotopic (exact) mass is 494 g/mol. The Bertz CT molecular complexity index is 1340. The number of nitrogens with one attached hydrogen (secondary N) is 3. The highest BCUT2D eigenvalue weighted by Crippen LogP contribution is 2.50. The molecule has 0 saturated heterocycles. The van der Waals surface area contributed by atoms with Crippen molar-refractivity contribution in [3.8, 4) is 0 Å². The van der Waals surface area contributed by atoms with Gasteiger partial charge in [0.15, 0.2) is 11.5 Å². The molecule has 1 aliphatic heterocycles. The van der Waals surface area contributed by atoms with Crippen LogP contribution in [0.5, 0.6) is 0 Å². The number of anilines is 4. The first-order chi connectivity index (χ1) is 16.0. The normalized spacial score (nSPS) is 17.9. The number of alkyl halides is 3. The lowest BCUT2D eigenvalue weighted by atomic mass is 9.87. The van der Waals surface area contributed by atoms with Crippen LogP contribution in [0.15, 0.2) is 23.6 Å². The van der Waals surface area contributed by atoms with Crippen LogP contribution in [0.4, 0.5) is 40.8 Å². The first-order valence-electron chi connectivity index (χ1n) is 9.71. The molecule has 0 saturated carbocycles. The molecule has 3 aromatic heterocycles. The highest BCUT2D eigenvalue weighted by atomic mass is 35.5. The van der Waals surface area contributed by atoms with Crippen molar-refractivity contribution in [3.63, 3.8) is 0 Å². The van der Waals surface area contributed by atoms with Gasteiger partial charge in [-0.3, -0.25) is 10.3 Å². The average Bonchev–Trinajstić information content (AvgIpc) is 3.24. The number of carbonyl (C=O) groups is 1. The average molecular weight is 495 g/mol. The van der Waals surface area contributed by atoms with Gasteiger partial charge in [0.05, 0.1) is 46.4 Å². The maximum atomic E-state index is 14.2. The van der Waals surface area contributed by atoms with Crippen molar-refractivity contribution in [2.75, 3.05) is 27.9 Å². The van der Waals surface area contributed by atoms with E-state index in [1.165, 1.54) is 18.5 Å². The molecule has 0 spiro atoms. The largest absolute Gasteiger partial charge is 0.401 e. The number of fused-ring (bicyclic) bond motifs is 3. The van der Waals surface area contributed by atoms with E-state index in [4.69, 9.17) is 22.7 Å². The van der Waals surface area contributed by atoms with Gasteiger partial charge in [-0.25, -0.2) is 19.3 Å². The molecule has 4 rings (SSSR count). The van der Waals surface area contributed by atoms with E-state index >= 15 is 0 Å². The fourth-order valence-corrected chi connectivity index (χ4v) is 3.82. The van der Waals surface area contributed by atoms with Crippen LogP contribution in [0.25, 0.3) is 5.65 Å². The summed E-state index contributed by atoms with van der Waals surface area (Å²) in [5.74, 6) is 0.159. The zero-order chi connectivity index (χ0) is 24.8. The zero-order valence-corrected chi connectivity index (χ0v) is 18.5. The second kappa shape index (κ2) is 8.13. The third-order valence-electron chi connectivity index (χ3n) is 5.42. The van der Waals surface area contributed by atoms with Gasteiger partial charge in [0.2, 0.25) is 0 Å². The van der Waals surface area contributed by atoms with Crippen LogP contribution in [0, 0.1) is 12.3 Å². The third-order valence-corrected chi connectivity index (χ3v) is 5.70. The Morgan fingerprint density at radius 3 is 2.76 bits per heavy atom. The van der Waals surface area contributed by atoms with Gasteiger partial charge in [0, 0.05) is 12.8 Å². The number of nitrogens with two attached hydrogens (primary N) is 1. The molecular formula is C19H18ClF3N10O. The van der Waals surface area contributed by atoms with Crippen LogP contribution in [0.2, 0.25) is 5.02 Å². The van der Waals surface area contributed by atoms with E-state index in [0.29, 0.717) is 5.69 Å². The number of halogens is 4. The number of aromatic nitrogens is 4. The van der Waals surface area contributed by atoms with Crippen LogP contribution in [0.1, 0.15) is 18.3 Å². The zero-order valence-electron chi connectivity index (χ0n) is 17.8. The standard InChI is InChI=1S/C19H18ClF3N10O/c1-9-13(25)16-27-7-12-14(33(16)31-9)18(2,19(21,22)23)8-32(12)17(34)29-10-5-11(20)15(26-6-10)30-28-4-3-24/h3-7,24H,8,25H2,1-2H3,(H,26,30)(H,29,34)/b24-3?,28-4-/t18-/m1/s1. The van der Waals surface area contributed by atoms with E-state index in [2.05, 4.69) is 30.9 Å². The summed E-state index contributed by atoms with van der Waals surface area (Å²) in [5.41, 5.74) is 6.44. The predicted molar refractivity (Wildman–Crippen MR) is 122 cm³/mol. The van der Waals surface area contributed by atoms with E-state index in [1.807, 2.05) is 0 Å². The number of nitrogens with zero attached hydrogens (tertiary/aromatic N) is 6. The second-order valence-electron chi connectivity index (χ2n) is 7.68. The summed E-state index contributed by atoms with van der Waals surface area (Å²) in [5, 5.41) is 17.3. The van der Waals surface area contributed by atoms with Crippen molar-refractivity contribution in [1.82, 2.24) is 19.6 Å². The Hall–Kier alpha value is -3.94. The highest BCUT2D eigenvalue weighted by molar-refractivity contribution is 6.33.